The van der Waals surface area contributed by atoms with Gasteiger partial charge in [-0.2, -0.15) is 13.2 Å². The van der Waals surface area contributed by atoms with E-state index >= 15 is 30.7 Å². The number of halogens is 8. The van der Waals surface area contributed by atoms with E-state index in [4.69, 9.17) is 0 Å². The van der Waals surface area contributed by atoms with E-state index in [0.717, 1.165) is 78.9 Å². The van der Waals surface area contributed by atoms with Crippen molar-refractivity contribution in [3.05, 3.63) is 237 Å². The Bertz CT molecular complexity index is 4080. The highest BCUT2D eigenvalue weighted by Crippen LogP contribution is 2.49. The molecule has 0 N–H and O–H groups in total. The standard InChI is InChI=1S/C69H50F8N2/c1-35-9-17-48(39(5)25-35)43-13-21-52-53-22-14-44(49-18-10-36(2)26-40(49)6)30-57(53)78(56(52)29-43)60-33-47(62-64(70)66(72)68(74)67(73)65(62)71)34-61(63(60)69(75,76)77)79-58-31-45(50-19-11-37(3)27-41(50)7)15-23-54(58)55-24-16-46(32-59(55)79)51-20-12-38(4)28-42(51)8/h9-34H,1-8H3. The summed E-state index contributed by atoms with van der Waals surface area (Å²) in [7, 11) is 0. The number of fused-ring (bicyclic) bond motifs is 6. The first-order chi connectivity index (χ1) is 37.7. The normalized spacial score (nSPS) is 12.1. The number of nitrogens with zero attached hydrogens (tertiary/aromatic N) is 2. The van der Waals surface area contributed by atoms with E-state index in [-0.39, 0.29) is 0 Å². The average molecular weight is 1060 g/mol. The highest BCUT2D eigenvalue weighted by atomic mass is 19.4. The summed E-state index contributed by atoms with van der Waals surface area (Å²) in [4.78, 5) is 0. The highest BCUT2D eigenvalue weighted by Gasteiger charge is 2.41. The van der Waals surface area contributed by atoms with Crippen LogP contribution in [0.2, 0.25) is 0 Å². The Morgan fingerprint density at radius 3 is 0.810 bits per heavy atom. The molecule has 0 saturated carbocycles. The molecule has 0 atom stereocenters. The zero-order chi connectivity index (χ0) is 55.7. The number of hydrogen-bond acceptors (Lipinski definition) is 0. The van der Waals surface area contributed by atoms with Gasteiger partial charge in [0, 0.05) is 21.5 Å². The van der Waals surface area contributed by atoms with Gasteiger partial charge in [-0.3, -0.25) is 0 Å². The lowest BCUT2D eigenvalue weighted by molar-refractivity contribution is -0.137. The number of alkyl halides is 3. The fourth-order valence-electron chi connectivity index (χ4n) is 12.0. The lowest BCUT2D eigenvalue weighted by Gasteiger charge is -2.24. The van der Waals surface area contributed by atoms with Crippen LogP contribution < -0.4 is 0 Å². The Morgan fingerprint density at radius 2 is 0.557 bits per heavy atom. The van der Waals surface area contributed by atoms with Crippen molar-refractivity contribution in [2.75, 3.05) is 0 Å². The molecule has 2 aromatic heterocycles. The molecule has 0 amide bonds. The van der Waals surface area contributed by atoms with Crippen molar-refractivity contribution in [3.63, 3.8) is 0 Å². The second-order valence-electron chi connectivity index (χ2n) is 21.2. The van der Waals surface area contributed by atoms with Gasteiger partial charge in [-0.05, 0) is 164 Å². The molecular formula is C69H50F8N2. The Hall–Kier alpha value is -8.76. The van der Waals surface area contributed by atoms with Gasteiger partial charge in [-0.25, -0.2) is 22.0 Å². The van der Waals surface area contributed by atoms with E-state index < -0.39 is 63.3 Å². The average Bonchev–Trinajstić information content (AvgIpc) is 3.88. The third kappa shape index (κ3) is 8.38. The first-order valence-electron chi connectivity index (χ1n) is 25.9. The molecule has 2 heterocycles. The molecule has 0 fully saturated rings. The summed E-state index contributed by atoms with van der Waals surface area (Å²) < 4.78 is 135. The van der Waals surface area contributed by atoms with Crippen molar-refractivity contribution in [1.29, 1.82) is 0 Å². The van der Waals surface area contributed by atoms with Crippen LogP contribution in [0, 0.1) is 84.5 Å². The summed E-state index contributed by atoms with van der Waals surface area (Å²) in [5, 5.41) is 2.22. The lowest BCUT2D eigenvalue weighted by Crippen LogP contribution is -2.16. The lowest BCUT2D eigenvalue weighted by atomic mass is 9.96. The van der Waals surface area contributed by atoms with Gasteiger partial charge < -0.3 is 9.13 Å². The van der Waals surface area contributed by atoms with Gasteiger partial charge in [0.15, 0.2) is 23.3 Å². The summed E-state index contributed by atoms with van der Waals surface area (Å²) >= 11 is 0. The maximum absolute atomic E-state index is 17.4. The molecule has 0 radical (unpaired) electrons. The van der Waals surface area contributed by atoms with Crippen LogP contribution >= 0.6 is 0 Å². The largest absolute Gasteiger partial charge is 0.420 e. The van der Waals surface area contributed by atoms with Gasteiger partial charge in [0.25, 0.3) is 0 Å². The van der Waals surface area contributed by atoms with Crippen molar-refractivity contribution in [1.82, 2.24) is 9.13 Å². The third-order valence-corrected chi connectivity index (χ3v) is 15.7. The van der Waals surface area contributed by atoms with Crippen molar-refractivity contribution in [2.45, 2.75) is 61.6 Å². The van der Waals surface area contributed by atoms with Crippen molar-refractivity contribution in [3.8, 4) is 67.0 Å². The molecular weight excluding hydrogens is 1010 g/mol. The molecule has 0 unspecified atom stereocenters. The van der Waals surface area contributed by atoms with E-state index in [0.29, 0.717) is 65.9 Å². The zero-order valence-electron chi connectivity index (χ0n) is 44.4. The minimum Gasteiger partial charge on any atom is -0.308 e. The molecule has 12 aromatic rings. The van der Waals surface area contributed by atoms with Crippen LogP contribution in [0.3, 0.4) is 0 Å². The van der Waals surface area contributed by atoms with E-state index in [1.807, 2.05) is 177 Å². The first kappa shape index (κ1) is 51.0. The molecule has 0 bridgehead atoms. The van der Waals surface area contributed by atoms with E-state index in [1.165, 1.54) is 9.13 Å². The summed E-state index contributed by atoms with van der Waals surface area (Å²) in [5.41, 5.74) is 10.4. The predicted molar refractivity (Wildman–Crippen MR) is 305 cm³/mol. The van der Waals surface area contributed by atoms with E-state index in [9.17, 15) is 4.39 Å². The molecule has 79 heavy (non-hydrogen) atoms. The molecule has 10 heteroatoms. The van der Waals surface area contributed by atoms with Crippen LogP contribution in [0.4, 0.5) is 35.1 Å². The summed E-state index contributed by atoms with van der Waals surface area (Å²) in [6.45, 7) is 15.6. The molecule has 10 aromatic carbocycles. The van der Waals surface area contributed by atoms with Crippen LogP contribution in [0.25, 0.3) is 111 Å². The number of hydrogen-bond donors (Lipinski definition) is 0. The first-order valence-corrected chi connectivity index (χ1v) is 25.9. The SMILES string of the molecule is Cc1ccc(-c2ccc3c4ccc(-c5ccc(C)cc5C)cc4n(-c4cc(-c5c(F)c(F)c(F)c(F)c5F)cc(-n5c6cc(-c7ccc(C)cc7C)ccc6c6ccc(-c7ccc(C)cc7C)cc65)c4C(F)(F)F)c3c2)c(C)c1. The Kier molecular flexibility index (Phi) is 12.1. The molecule has 0 aliphatic rings. The molecule has 2 nitrogen and oxygen atoms in total. The summed E-state index contributed by atoms with van der Waals surface area (Å²) in [6.07, 6.45) is -5.25. The van der Waals surface area contributed by atoms with Gasteiger partial charge in [0.05, 0.1) is 39.0 Å². The Morgan fingerprint density at radius 1 is 0.291 bits per heavy atom. The smallest absolute Gasteiger partial charge is 0.308 e. The Labute approximate surface area is 451 Å². The topological polar surface area (TPSA) is 9.86 Å². The number of aryl methyl sites for hydroxylation is 8. The molecule has 12 rings (SSSR count). The third-order valence-electron chi connectivity index (χ3n) is 15.7. The summed E-state index contributed by atoms with van der Waals surface area (Å²) in [6, 6.07) is 47.6. The molecule has 392 valence electrons. The second kappa shape index (κ2) is 18.7. The minimum atomic E-state index is -5.25. The molecule has 0 aliphatic heterocycles. The van der Waals surface area contributed by atoms with Gasteiger partial charge in [-0.15, -0.1) is 0 Å². The van der Waals surface area contributed by atoms with E-state index in [1.54, 1.807) is 24.3 Å². The number of benzene rings is 10. The van der Waals surface area contributed by atoms with Crippen molar-refractivity contribution in [2.24, 2.45) is 0 Å². The molecule has 0 spiro atoms. The second-order valence-corrected chi connectivity index (χ2v) is 21.2. The van der Waals surface area contributed by atoms with Gasteiger partial charge in [0.2, 0.25) is 5.82 Å². The van der Waals surface area contributed by atoms with E-state index in [2.05, 4.69) is 0 Å². The van der Waals surface area contributed by atoms with Crippen LogP contribution in [-0.4, -0.2) is 9.13 Å². The highest BCUT2D eigenvalue weighted by molar-refractivity contribution is 6.13. The Balaban J connectivity index is 1.30. The quantitative estimate of drug-likeness (QED) is 0.0855. The van der Waals surface area contributed by atoms with Crippen LogP contribution in [0.5, 0.6) is 0 Å². The fraction of sp³-hybridized carbons (Fsp3) is 0.130. The maximum Gasteiger partial charge on any atom is 0.420 e. The zero-order valence-corrected chi connectivity index (χ0v) is 44.4. The monoisotopic (exact) mass is 1060 g/mol. The van der Waals surface area contributed by atoms with Crippen LogP contribution in [0.15, 0.2) is 158 Å². The maximum atomic E-state index is 17.4. The predicted octanol–water partition coefficient (Wildman–Crippen LogP) is 20.4. The fourth-order valence-corrected chi connectivity index (χ4v) is 12.0. The number of rotatable bonds is 7. The number of aromatic nitrogens is 2. The minimum absolute atomic E-state index is 0.299. The van der Waals surface area contributed by atoms with Crippen LogP contribution in [-0.2, 0) is 6.18 Å². The van der Waals surface area contributed by atoms with Gasteiger partial charge in [-0.1, -0.05) is 144 Å². The molecule has 0 aliphatic carbocycles. The van der Waals surface area contributed by atoms with Gasteiger partial charge >= 0.3 is 6.18 Å². The van der Waals surface area contributed by atoms with Crippen molar-refractivity contribution < 1.29 is 35.1 Å². The van der Waals surface area contributed by atoms with Crippen molar-refractivity contribution >= 4 is 43.6 Å². The van der Waals surface area contributed by atoms with Crippen LogP contribution in [0.1, 0.15) is 50.1 Å². The summed E-state index contributed by atoms with van der Waals surface area (Å²) in [5.74, 6) is -11.3. The molecule has 0 saturated heterocycles. The van der Waals surface area contributed by atoms with Gasteiger partial charge in [0.1, 0.15) is 5.56 Å².